The van der Waals surface area contributed by atoms with Crippen molar-refractivity contribution in [2.45, 2.75) is 316 Å². The van der Waals surface area contributed by atoms with Gasteiger partial charge < -0.3 is 14.2 Å². The number of unbranched alkanes of at least 4 members (excludes halogenated alkanes) is 34. The molecule has 0 heterocycles. The summed E-state index contributed by atoms with van der Waals surface area (Å²) >= 11 is 0. The molecule has 0 aliphatic rings. The van der Waals surface area contributed by atoms with Crippen molar-refractivity contribution >= 4 is 17.9 Å². The third-order valence-corrected chi connectivity index (χ3v) is 13.3. The molecule has 0 fully saturated rings. The predicted octanol–water partition coefficient (Wildman–Crippen LogP) is 20.4. The molecule has 0 rings (SSSR count). The lowest BCUT2D eigenvalue weighted by Crippen LogP contribution is -2.30. The SMILES string of the molecule is CC/C=C\C/C=C\C/C=C\CCCCCCCCCC(=O)OC(COC(=O)CCCCCCC/C=C\C/C=C\CCCC)COC(=O)CCCCCCCCCCCCCCCCCCCCCCC. The Kier molecular flexibility index (Phi) is 56.3. The van der Waals surface area contributed by atoms with E-state index >= 15 is 0 Å². The van der Waals surface area contributed by atoms with Crippen molar-refractivity contribution < 1.29 is 28.6 Å². The summed E-state index contributed by atoms with van der Waals surface area (Å²) in [5.74, 6) is -0.890. The lowest BCUT2D eigenvalue weighted by molar-refractivity contribution is -0.167. The highest BCUT2D eigenvalue weighted by molar-refractivity contribution is 5.71. The maximum Gasteiger partial charge on any atom is 0.306 e. The number of carbonyl (C=O) groups is 3. The predicted molar refractivity (Wildman–Crippen MR) is 302 cm³/mol. The van der Waals surface area contributed by atoms with Gasteiger partial charge in [-0.05, 0) is 77.0 Å². The molecular formula is C64H114O6. The van der Waals surface area contributed by atoms with Gasteiger partial charge in [0.25, 0.3) is 0 Å². The van der Waals surface area contributed by atoms with Gasteiger partial charge in [-0.2, -0.15) is 0 Å². The molecule has 0 aromatic heterocycles. The summed E-state index contributed by atoms with van der Waals surface area (Å²) in [6, 6.07) is 0. The molecule has 0 saturated carbocycles. The van der Waals surface area contributed by atoms with E-state index in [1.54, 1.807) is 0 Å². The second-order valence-electron chi connectivity index (χ2n) is 20.2. The zero-order valence-electron chi connectivity index (χ0n) is 46.5. The standard InChI is InChI=1S/C64H114O6/c1-4-7-10-13-16-19-22-25-28-30-31-32-33-35-36-39-42-45-48-51-54-57-63(66)69-60-61(59-68-62(65)56-53-50-47-44-41-38-27-24-21-18-15-12-9-6-3)70-64(67)58-55-52-49-46-43-40-37-34-29-26-23-20-17-14-11-8-5-2/h8,11,15,17-18,20,24,26-27,29,61H,4-7,9-10,12-14,16,19,21-23,25,28,30-60H2,1-3H3/b11-8-,18-15-,20-17-,27-24-,29-26-. The Morgan fingerprint density at radius 3 is 0.914 bits per heavy atom. The van der Waals surface area contributed by atoms with Crippen LogP contribution in [0.4, 0.5) is 0 Å². The van der Waals surface area contributed by atoms with E-state index in [0.717, 1.165) is 103 Å². The molecule has 0 aromatic rings. The van der Waals surface area contributed by atoms with Crippen molar-refractivity contribution in [3.8, 4) is 0 Å². The second-order valence-corrected chi connectivity index (χ2v) is 20.2. The van der Waals surface area contributed by atoms with Crippen molar-refractivity contribution in [2.24, 2.45) is 0 Å². The average molecular weight is 980 g/mol. The highest BCUT2D eigenvalue weighted by Crippen LogP contribution is 2.17. The lowest BCUT2D eigenvalue weighted by atomic mass is 10.0. The minimum Gasteiger partial charge on any atom is -0.462 e. The number of carbonyl (C=O) groups excluding carboxylic acids is 3. The Balaban J connectivity index is 4.33. The van der Waals surface area contributed by atoms with Gasteiger partial charge in [0.2, 0.25) is 0 Å². The molecule has 70 heavy (non-hydrogen) atoms. The largest absolute Gasteiger partial charge is 0.462 e. The molecule has 6 nitrogen and oxygen atoms in total. The van der Waals surface area contributed by atoms with E-state index < -0.39 is 6.10 Å². The fraction of sp³-hybridized carbons (Fsp3) is 0.797. The third-order valence-electron chi connectivity index (χ3n) is 13.3. The van der Waals surface area contributed by atoms with Crippen molar-refractivity contribution in [1.29, 1.82) is 0 Å². The minimum atomic E-state index is -0.784. The van der Waals surface area contributed by atoms with Gasteiger partial charge >= 0.3 is 17.9 Å². The number of allylic oxidation sites excluding steroid dienone is 10. The van der Waals surface area contributed by atoms with E-state index in [2.05, 4.69) is 81.5 Å². The summed E-state index contributed by atoms with van der Waals surface area (Å²) in [4.78, 5) is 38.2. The van der Waals surface area contributed by atoms with Crippen LogP contribution >= 0.6 is 0 Å². The molecule has 0 N–H and O–H groups in total. The number of hydrogen-bond acceptors (Lipinski definition) is 6. The fourth-order valence-corrected chi connectivity index (χ4v) is 8.71. The van der Waals surface area contributed by atoms with E-state index in [4.69, 9.17) is 14.2 Å². The topological polar surface area (TPSA) is 78.9 Å². The van der Waals surface area contributed by atoms with E-state index in [9.17, 15) is 14.4 Å². The highest BCUT2D eigenvalue weighted by Gasteiger charge is 2.19. The molecule has 0 amide bonds. The van der Waals surface area contributed by atoms with Crippen LogP contribution in [0.15, 0.2) is 60.8 Å². The van der Waals surface area contributed by atoms with Crippen LogP contribution in [0.3, 0.4) is 0 Å². The van der Waals surface area contributed by atoms with Gasteiger partial charge in [-0.15, -0.1) is 0 Å². The third kappa shape index (κ3) is 56.0. The summed E-state index contributed by atoms with van der Waals surface area (Å²) in [5, 5.41) is 0. The second kappa shape index (κ2) is 58.7. The van der Waals surface area contributed by atoms with Crippen molar-refractivity contribution in [1.82, 2.24) is 0 Å². The number of ether oxygens (including phenoxy) is 3. The summed E-state index contributed by atoms with van der Waals surface area (Å²) < 4.78 is 16.9. The highest BCUT2D eigenvalue weighted by atomic mass is 16.6. The summed E-state index contributed by atoms with van der Waals surface area (Å²) in [6.07, 6.45) is 73.6. The van der Waals surface area contributed by atoms with Gasteiger partial charge in [-0.1, -0.05) is 274 Å². The van der Waals surface area contributed by atoms with Crippen LogP contribution in [-0.2, 0) is 28.6 Å². The van der Waals surface area contributed by atoms with Crippen LogP contribution in [0.2, 0.25) is 0 Å². The van der Waals surface area contributed by atoms with Gasteiger partial charge in [0.05, 0.1) is 0 Å². The average Bonchev–Trinajstić information content (AvgIpc) is 3.36. The Bertz CT molecular complexity index is 1260. The molecule has 0 radical (unpaired) electrons. The zero-order chi connectivity index (χ0) is 50.7. The zero-order valence-corrected chi connectivity index (χ0v) is 46.5. The van der Waals surface area contributed by atoms with Crippen molar-refractivity contribution in [3.05, 3.63) is 60.8 Å². The molecule has 1 unspecified atom stereocenters. The lowest BCUT2D eigenvalue weighted by Gasteiger charge is -2.18. The maximum absolute atomic E-state index is 12.9. The Labute approximate surface area is 434 Å². The van der Waals surface area contributed by atoms with Gasteiger partial charge in [-0.25, -0.2) is 0 Å². The molecular weight excluding hydrogens is 865 g/mol. The van der Waals surface area contributed by atoms with Crippen LogP contribution in [0.5, 0.6) is 0 Å². The monoisotopic (exact) mass is 979 g/mol. The molecule has 0 aliphatic carbocycles. The van der Waals surface area contributed by atoms with E-state index in [1.807, 2.05) is 0 Å². The molecule has 1 atom stereocenters. The molecule has 0 spiro atoms. The normalized spacial score (nSPS) is 12.4. The first kappa shape index (κ1) is 67.1. The fourth-order valence-electron chi connectivity index (χ4n) is 8.71. The smallest absolute Gasteiger partial charge is 0.306 e. The van der Waals surface area contributed by atoms with Gasteiger partial charge in [0.15, 0.2) is 6.10 Å². The van der Waals surface area contributed by atoms with Gasteiger partial charge in [-0.3, -0.25) is 14.4 Å². The summed E-state index contributed by atoms with van der Waals surface area (Å²) in [6.45, 7) is 6.51. The number of esters is 3. The summed E-state index contributed by atoms with van der Waals surface area (Å²) in [5.41, 5.74) is 0. The van der Waals surface area contributed by atoms with Crippen LogP contribution in [0.25, 0.3) is 0 Å². The maximum atomic E-state index is 12.9. The Hall–Kier alpha value is -2.89. The van der Waals surface area contributed by atoms with E-state index in [-0.39, 0.29) is 31.1 Å². The Morgan fingerprint density at radius 1 is 0.300 bits per heavy atom. The van der Waals surface area contributed by atoms with Crippen LogP contribution in [0, 0.1) is 0 Å². The molecule has 0 bridgehead atoms. The molecule has 0 aromatic carbocycles. The van der Waals surface area contributed by atoms with Gasteiger partial charge in [0.1, 0.15) is 13.2 Å². The number of hydrogen-bond donors (Lipinski definition) is 0. The number of rotatable bonds is 55. The van der Waals surface area contributed by atoms with E-state index in [1.165, 1.54) is 167 Å². The van der Waals surface area contributed by atoms with Crippen LogP contribution in [-0.4, -0.2) is 37.2 Å². The molecule has 0 aliphatic heterocycles. The molecule has 6 heteroatoms. The first-order valence-electron chi connectivity index (χ1n) is 30.3. The van der Waals surface area contributed by atoms with Gasteiger partial charge in [0, 0.05) is 19.3 Å². The van der Waals surface area contributed by atoms with E-state index in [0.29, 0.717) is 19.3 Å². The first-order valence-corrected chi connectivity index (χ1v) is 30.3. The van der Waals surface area contributed by atoms with Crippen LogP contribution < -0.4 is 0 Å². The first-order chi connectivity index (χ1) is 34.5. The summed E-state index contributed by atoms with van der Waals surface area (Å²) in [7, 11) is 0. The Morgan fingerprint density at radius 2 is 0.571 bits per heavy atom. The van der Waals surface area contributed by atoms with Crippen molar-refractivity contribution in [3.63, 3.8) is 0 Å². The quantitative estimate of drug-likeness (QED) is 0.0261. The van der Waals surface area contributed by atoms with Crippen molar-refractivity contribution in [2.75, 3.05) is 13.2 Å². The molecule has 406 valence electrons. The van der Waals surface area contributed by atoms with Crippen LogP contribution in [0.1, 0.15) is 310 Å². The minimum absolute atomic E-state index is 0.0801. The molecule has 0 saturated heterocycles.